The van der Waals surface area contributed by atoms with Crippen molar-refractivity contribution in [2.75, 3.05) is 17.6 Å². The zero-order valence-corrected chi connectivity index (χ0v) is 11.3. The number of rotatable bonds is 5. The Morgan fingerprint density at radius 1 is 1.50 bits per heavy atom. The van der Waals surface area contributed by atoms with Gasteiger partial charge in [-0.2, -0.15) is 5.10 Å². The van der Waals surface area contributed by atoms with Crippen LogP contribution < -0.4 is 11.1 Å². The van der Waals surface area contributed by atoms with E-state index >= 15 is 0 Å². The van der Waals surface area contributed by atoms with Crippen molar-refractivity contribution in [1.29, 1.82) is 0 Å². The molecule has 2 atom stereocenters. The van der Waals surface area contributed by atoms with Gasteiger partial charge in [0.25, 0.3) is 0 Å². The van der Waals surface area contributed by atoms with Gasteiger partial charge >= 0.3 is 0 Å². The Morgan fingerprint density at radius 3 is 2.89 bits per heavy atom. The summed E-state index contributed by atoms with van der Waals surface area (Å²) in [4.78, 5) is 0. The second kappa shape index (κ2) is 5.61. The molecule has 1 fully saturated rings. The summed E-state index contributed by atoms with van der Waals surface area (Å²) in [6.07, 6.45) is 4.00. The molecule has 0 saturated heterocycles. The lowest BCUT2D eigenvalue weighted by Crippen LogP contribution is -2.23. The molecule has 5 nitrogen and oxygen atoms in total. The molecule has 0 amide bonds. The summed E-state index contributed by atoms with van der Waals surface area (Å²) in [7, 11) is 0. The molecule has 18 heavy (non-hydrogen) atoms. The van der Waals surface area contributed by atoms with Crippen LogP contribution in [0.1, 0.15) is 38.3 Å². The maximum Gasteiger partial charge on any atom is 0.148 e. The highest BCUT2D eigenvalue weighted by molar-refractivity contribution is 5.64. The summed E-state index contributed by atoms with van der Waals surface area (Å²) >= 11 is 0. The second-order valence-corrected chi connectivity index (χ2v) is 5.21. The van der Waals surface area contributed by atoms with Crippen molar-refractivity contribution in [1.82, 2.24) is 9.78 Å². The number of aliphatic hydroxyl groups is 1. The monoisotopic (exact) mass is 252 g/mol. The number of hydrogen-bond acceptors (Lipinski definition) is 4. The van der Waals surface area contributed by atoms with Gasteiger partial charge in [-0.3, -0.25) is 0 Å². The molecule has 1 aliphatic rings. The van der Waals surface area contributed by atoms with Crippen LogP contribution in [0.5, 0.6) is 0 Å². The number of nitrogens with one attached hydrogen (secondary N) is 1. The van der Waals surface area contributed by atoms with E-state index < -0.39 is 0 Å². The third-order valence-electron chi connectivity index (χ3n) is 3.76. The molecule has 0 bridgehead atoms. The van der Waals surface area contributed by atoms with Crippen LogP contribution in [0, 0.1) is 12.8 Å². The van der Waals surface area contributed by atoms with Crippen LogP contribution in [0.3, 0.4) is 0 Å². The minimum atomic E-state index is -0.164. The van der Waals surface area contributed by atoms with Gasteiger partial charge in [-0.05, 0) is 26.2 Å². The maximum absolute atomic E-state index is 9.82. The smallest absolute Gasteiger partial charge is 0.148 e. The van der Waals surface area contributed by atoms with E-state index in [1.165, 1.54) is 0 Å². The van der Waals surface area contributed by atoms with Gasteiger partial charge < -0.3 is 16.2 Å². The molecular formula is C13H24N4O. The Labute approximate surface area is 108 Å². The number of anilines is 2. The lowest BCUT2D eigenvalue weighted by Gasteiger charge is -2.17. The Morgan fingerprint density at radius 2 is 2.28 bits per heavy atom. The highest BCUT2D eigenvalue weighted by Gasteiger charge is 2.25. The van der Waals surface area contributed by atoms with E-state index in [-0.39, 0.29) is 6.10 Å². The van der Waals surface area contributed by atoms with Crippen LogP contribution in [0.15, 0.2) is 0 Å². The average Bonchev–Trinajstić information content (AvgIpc) is 2.85. The van der Waals surface area contributed by atoms with Gasteiger partial charge in [-0.15, -0.1) is 0 Å². The van der Waals surface area contributed by atoms with Crippen LogP contribution >= 0.6 is 0 Å². The summed E-state index contributed by atoms with van der Waals surface area (Å²) in [5.41, 5.74) is 7.65. The van der Waals surface area contributed by atoms with Crippen molar-refractivity contribution in [2.24, 2.45) is 5.92 Å². The van der Waals surface area contributed by atoms with Crippen LogP contribution in [0.2, 0.25) is 0 Å². The number of aryl methyl sites for hydroxylation is 2. The third kappa shape index (κ3) is 2.61. The van der Waals surface area contributed by atoms with Gasteiger partial charge in [-0.25, -0.2) is 4.68 Å². The van der Waals surface area contributed by atoms with Gasteiger partial charge in [-0.1, -0.05) is 13.3 Å². The molecule has 1 saturated carbocycles. The molecule has 0 aliphatic heterocycles. The Hall–Kier alpha value is -1.23. The summed E-state index contributed by atoms with van der Waals surface area (Å²) < 4.78 is 1.94. The van der Waals surface area contributed by atoms with Crippen molar-refractivity contribution >= 4 is 11.5 Å². The molecule has 1 heterocycles. The largest absolute Gasteiger partial charge is 0.394 e. The van der Waals surface area contributed by atoms with Crippen molar-refractivity contribution in [3.63, 3.8) is 0 Å². The number of nitrogen functional groups attached to an aromatic ring is 1. The highest BCUT2D eigenvalue weighted by atomic mass is 16.3. The first-order chi connectivity index (χ1) is 8.63. The number of nitrogens with two attached hydrogens (primary N) is 1. The van der Waals surface area contributed by atoms with Crippen LogP contribution in [-0.4, -0.2) is 27.5 Å². The average molecular weight is 252 g/mol. The lowest BCUT2D eigenvalue weighted by molar-refractivity contribution is 0.138. The Balaban J connectivity index is 2.03. The first kappa shape index (κ1) is 13.2. The SMILES string of the molecule is CCCn1nc(C)c(N)c1NCC1CCCC1O. The topological polar surface area (TPSA) is 76.1 Å². The number of aliphatic hydroxyl groups excluding tert-OH is 1. The summed E-state index contributed by atoms with van der Waals surface area (Å²) in [6.45, 7) is 5.70. The zero-order chi connectivity index (χ0) is 13.1. The fourth-order valence-electron chi connectivity index (χ4n) is 2.64. The maximum atomic E-state index is 9.82. The quantitative estimate of drug-likeness (QED) is 0.746. The van der Waals surface area contributed by atoms with Gasteiger partial charge in [0.15, 0.2) is 0 Å². The number of nitrogens with zero attached hydrogens (tertiary/aromatic N) is 2. The van der Waals surface area contributed by atoms with E-state index in [1.54, 1.807) is 0 Å². The van der Waals surface area contributed by atoms with Gasteiger partial charge in [0, 0.05) is 19.0 Å². The summed E-state index contributed by atoms with van der Waals surface area (Å²) in [6, 6.07) is 0. The Kier molecular flexibility index (Phi) is 4.11. The molecule has 1 aromatic rings. The molecule has 0 radical (unpaired) electrons. The Bertz CT molecular complexity index is 402. The number of hydrogen-bond donors (Lipinski definition) is 3. The van der Waals surface area contributed by atoms with Gasteiger partial charge in [0.05, 0.1) is 17.5 Å². The van der Waals surface area contributed by atoms with Crippen LogP contribution in [0.25, 0.3) is 0 Å². The lowest BCUT2D eigenvalue weighted by atomic mass is 10.1. The molecule has 2 rings (SSSR count). The fourth-order valence-corrected chi connectivity index (χ4v) is 2.64. The van der Waals surface area contributed by atoms with E-state index in [0.29, 0.717) is 5.92 Å². The van der Waals surface area contributed by atoms with Gasteiger partial charge in [0.2, 0.25) is 0 Å². The van der Waals surface area contributed by atoms with E-state index in [2.05, 4.69) is 17.3 Å². The molecule has 102 valence electrons. The van der Waals surface area contributed by atoms with Crippen molar-refractivity contribution < 1.29 is 5.11 Å². The molecule has 1 aliphatic carbocycles. The van der Waals surface area contributed by atoms with Crippen LogP contribution in [0.4, 0.5) is 11.5 Å². The number of aromatic nitrogens is 2. The van der Waals surface area contributed by atoms with E-state index in [0.717, 1.165) is 56.0 Å². The first-order valence-electron chi connectivity index (χ1n) is 6.88. The van der Waals surface area contributed by atoms with E-state index in [4.69, 9.17) is 5.73 Å². The minimum Gasteiger partial charge on any atom is -0.394 e. The normalized spacial score (nSPS) is 23.5. The molecular weight excluding hydrogens is 228 g/mol. The molecule has 5 heteroatoms. The highest BCUT2D eigenvalue weighted by Crippen LogP contribution is 2.28. The predicted octanol–water partition coefficient (Wildman–Crippen LogP) is 1.76. The van der Waals surface area contributed by atoms with E-state index in [1.807, 2.05) is 11.6 Å². The van der Waals surface area contributed by atoms with Gasteiger partial charge in [0.1, 0.15) is 5.82 Å². The molecule has 0 aromatic carbocycles. The first-order valence-corrected chi connectivity index (χ1v) is 6.88. The molecule has 0 spiro atoms. The third-order valence-corrected chi connectivity index (χ3v) is 3.76. The molecule has 2 unspecified atom stereocenters. The second-order valence-electron chi connectivity index (χ2n) is 5.21. The summed E-state index contributed by atoms with van der Waals surface area (Å²) in [5, 5.41) is 17.6. The zero-order valence-electron chi connectivity index (χ0n) is 11.3. The van der Waals surface area contributed by atoms with Crippen LogP contribution in [-0.2, 0) is 6.54 Å². The minimum absolute atomic E-state index is 0.164. The van der Waals surface area contributed by atoms with Crippen molar-refractivity contribution in [2.45, 2.75) is 52.2 Å². The molecule has 1 aromatic heterocycles. The fraction of sp³-hybridized carbons (Fsp3) is 0.769. The van der Waals surface area contributed by atoms with Crippen molar-refractivity contribution in [3.8, 4) is 0 Å². The predicted molar refractivity (Wildman–Crippen MR) is 73.5 cm³/mol. The van der Waals surface area contributed by atoms with E-state index in [9.17, 15) is 5.11 Å². The molecule has 4 N–H and O–H groups in total. The van der Waals surface area contributed by atoms with Crippen molar-refractivity contribution in [3.05, 3.63) is 5.69 Å². The standard InChI is InChI=1S/C13H24N4O/c1-3-7-17-13(12(14)9(2)16-17)15-8-10-5-4-6-11(10)18/h10-11,15,18H,3-8,14H2,1-2H3. The summed E-state index contributed by atoms with van der Waals surface area (Å²) in [5.74, 6) is 1.25.